The average molecular weight is 274 g/mol. The van der Waals surface area contributed by atoms with Gasteiger partial charge in [0, 0.05) is 11.6 Å². The molecule has 1 aliphatic heterocycles. The molecule has 2 nitrogen and oxygen atoms in total. The van der Waals surface area contributed by atoms with E-state index in [4.69, 9.17) is 16.3 Å². The molecular formula is C16H16ClNO. The molecule has 0 spiro atoms. The largest absolute Gasteiger partial charge is 0.497 e. The number of nitrogens with one attached hydrogen (secondary N) is 1. The third-order valence-electron chi connectivity index (χ3n) is 3.61. The second-order valence-corrected chi connectivity index (χ2v) is 5.19. The highest BCUT2D eigenvalue weighted by atomic mass is 35.5. The van der Waals surface area contributed by atoms with Crippen molar-refractivity contribution in [2.24, 2.45) is 0 Å². The maximum Gasteiger partial charge on any atom is 0.119 e. The van der Waals surface area contributed by atoms with Crippen LogP contribution in [-0.2, 0) is 6.42 Å². The molecule has 0 fully saturated rings. The fraction of sp³-hybridized carbons (Fsp3) is 0.250. The lowest BCUT2D eigenvalue weighted by molar-refractivity contribution is 0.413. The minimum atomic E-state index is 0.243. The van der Waals surface area contributed by atoms with E-state index in [0.717, 1.165) is 23.7 Å². The molecule has 0 amide bonds. The van der Waals surface area contributed by atoms with Crippen LogP contribution in [0.1, 0.15) is 22.7 Å². The number of methoxy groups -OCH3 is 1. The molecule has 2 aromatic rings. The van der Waals surface area contributed by atoms with Crippen LogP contribution in [0, 0.1) is 0 Å². The Morgan fingerprint density at radius 3 is 2.68 bits per heavy atom. The van der Waals surface area contributed by atoms with E-state index in [-0.39, 0.29) is 6.04 Å². The Hall–Kier alpha value is -1.51. The summed E-state index contributed by atoms with van der Waals surface area (Å²) in [5.74, 6) is 0.926. The number of hydrogen-bond donors (Lipinski definition) is 1. The van der Waals surface area contributed by atoms with Crippen LogP contribution < -0.4 is 10.1 Å². The molecule has 98 valence electrons. The third kappa shape index (κ3) is 2.46. The maximum atomic E-state index is 5.95. The fourth-order valence-electron chi connectivity index (χ4n) is 2.62. The zero-order valence-corrected chi connectivity index (χ0v) is 11.6. The third-order valence-corrected chi connectivity index (χ3v) is 3.86. The van der Waals surface area contributed by atoms with E-state index in [9.17, 15) is 0 Å². The first-order chi connectivity index (χ1) is 9.28. The highest BCUT2D eigenvalue weighted by Gasteiger charge is 2.21. The molecule has 3 rings (SSSR count). The predicted octanol–water partition coefficient (Wildman–Crippen LogP) is 3.58. The summed E-state index contributed by atoms with van der Waals surface area (Å²) in [5, 5.41) is 4.34. The van der Waals surface area contributed by atoms with Gasteiger partial charge in [-0.1, -0.05) is 29.8 Å². The van der Waals surface area contributed by atoms with Crippen molar-refractivity contribution in [1.29, 1.82) is 0 Å². The smallest absolute Gasteiger partial charge is 0.119 e. The lowest BCUT2D eigenvalue weighted by Gasteiger charge is -2.27. The van der Waals surface area contributed by atoms with Crippen molar-refractivity contribution in [1.82, 2.24) is 5.32 Å². The second-order valence-electron chi connectivity index (χ2n) is 4.75. The van der Waals surface area contributed by atoms with Crippen LogP contribution in [0.3, 0.4) is 0 Å². The van der Waals surface area contributed by atoms with Crippen molar-refractivity contribution in [2.75, 3.05) is 13.7 Å². The molecule has 2 aromatic carbocycles. The molecule has 3 heteroatoms. The molecule has 1 heterocycles. The zero-order chi connectivity index (χ0) is 13.2. The van der Waals surface area contributed by atoms with E-state index in [1.165, 1.54) is 16.7 Å². The topological polar surface area (TPSA) is 21.3 Å². The number of halogens is 1. The molecule has 0 bridgehead atoms. The standard InChI is InChI=1S/C16H16ClNO/c1-19-14-6-7-15-12(10-14)8-9-18-16(15)11-2-4-13(17)5-3-11/h2-7,10,16,18H,8-9H2,1H3/t16-/m1/s1. The quantitative estimate of drug-likeness (QED) is 0.903. The summed E-state index contributed by atoms with van der Waals surface area (Å²) in [6, 6.07) is 14.6. The lowest BCUT2D eigenvalue weighted by Crippen LogP contribution is -2.30. The van der Waals surface area contributed by atoms with Gasteiger partial charge in [-0.05, 0) is 47.4 Å². The molecule has 1 aliphatic rings. The summed E-state index contributed by atoms with van der Waals surface area (Å²) in [6.45, 7) is 0.980. The fourth-order valence-corrected chi connectivity index (χ4v) is 2.75. The minimum Gasteiger partial charge on any atom is -0.497 e. The SMILES string of the molecule is COc1ccc2c(c1)CCN[C@@H]2c1ccc(Cl)cc1. The summed E-state index contributed by atoms with van der Waals surface area (Å²) in [7, 11) is 1.71. The highest BCUT2D eigenvalue weighted by Crippen LogP contribution is 2.31. The van der Waals surface area contributed by atoms with Gasteiger partial charge in [-0.3, -0.25) is 0 Å². The average Bonchev–Trinajstić information content (AvgIpc) is 2.47. The molecule has 1 N–H and O–H groups in total. The van der Waals surface area contributed by atoms with Gasteiger partial charge in [-0.2, -0.15) is 0 Å². The van der Waals surface area contributed by atoms with Crippen molar-refractivity contribution in [3.05, 3.63) is 64.2 Å². The van der Waals surface area contributed by atoms with E-state index in [2.05, 4.69) is 29.6 Å². The molecule has 19 heavy (non-hydrogen) atoms. The Morgan fingerprint density at radius 2 is 1.95 bits per heavy atom. The molecule has 0 saturated carbocycles. The first-order valence-electron chi connectivity index (χ1n) is 6.43. The van der Waals surface area contributed by atoms with Crippen LogP contribution >= 0.6 is 11.6 Å². The Kier molecular flexibility index (Phi) is 3.45. The first-order valence-corrected chi connectivity index (χ1v) is 6.81. The van der Waals surface area contributed by atoms with E-state index < -0.39 is 0 Å². The van der Waals surface area contributed by atoms with Gasteiger partial charge in [0.15, 0.2) is 0 Å². The van der Waals surface area contributed by atoms with Crippen LogP contribution in [0.25, 0.3) is 0 Å². The van der Waals surface area contributed by atoms with E-state index >= 15 is 0 Å². The number of fused-ring (bicyclic) bond motifs is 1. The number of ether oxygens (including phenoxy) is 1. The van der Waals surface area contributed by atoms with E-state index in [1.54, 1.807) is 7.11 Å². The van der Waals surface area contributed by atoms with Crippen molar-refractivity contribution in [2.45, 2.75) is 12.5 Å². The van der Waals surface area contributed by atoms with Gasteiger partial charge < -0.3 is 10.1 Å². The van der Waals surface area contributed by atoms with Crippen molar-refractivity contribution in [3.8, 4) is 5.75 Å². The van der Waals surface area contributed by atoms with Gasteiger partial charge in [-0.25, -0.2) is 0 Å². The number of hydrogen-bond acceptors (Lipinski definition) is 2. The van der Waals surface area contributed by atoms with Crippen LogP contribution in [-0.4, -0.2) is 13.7 Å². The predicted molar refractivity (Wildman–Crippen MR) is 78.0 cm³/mol. The molecule has 0 unspecified atom stereocenters. The monoisotopic (exact) mass is 273 g/mol. The maximum absolute atomic E-state index is 5.95. The Bertz CT molecular complexity index is 580. The van der Waals surface area contributed by atoms with Gasteiger partial charge in [0.05, 0.1) is 13.2 Å². The molecule has 0 aromatic heterocycles. The molecule has 1 atom stereocenters. The Morgan fingerprint density at radius 1 is 1.16 bits per heavy atom. The number of benzene rings is 2. The summed E-state index contributed by atoms with van der Waals surface area (Å²) in [4.78, 5) is 0. The Balaban J connectivity index is 2.00. The lowest BCUT2D eigenvalue weighted by atomic mass is 9.90. The Labute approximate surface area is 118 Å². The van der Waals surface area contributed by atoms with Gasteiger partial charge in [0.25, 0.3) is 0 Å². The second kappa shape index (κ2) is 5.24. The van der Waals surface area contributed by atoms with Gasteiger partial charge in [0.1, 0.15) is 5.75 Å². The molecule has 0 saturated heterocycles. The van der Waals surface area contributed by atoms with Crippen molar-refractivity contribution < 1.29 is 4.74 Å². The summed E-state index contributed by atoms with van der Waals surface area (Å²) in [6.07, 6.45) is 1.04. The summed E-state index contributed by atoms with van der Waals surface area (Å²) < 4.78 is 5.30. The summed E-state index contributed by atoms with van der Waals surface area (Å²) >= 11 is 5.95. The van der Waals surface area contributed by atoms with Crippen LogP contribution in [0.5, 0.6) is 5.75 Å². The van der Waals surface area contributed by atoms with Crippen LogP contribution in [0.4, 0.5) is 0 Å². The normalized spacial score (nSPS) is 17.9. The van der Waals surface area contributed by atoms with E-state index in [1.807, 2.05) is 18.2 Å². The van der Waals surface area contributed by atoms with Crippen LogP contribution in [0.15, 0.2) is 42.5 Å². The van der Waals surface area contributed by atoms with Crippen molar-refractivity contribution in [3.63, 3.8) is 0 Å². The molecule has 0 aliphatic carbocycles. The molecular weight excluding hydrogens is 258 g/mol. The van der Waals surface area contributed by atoms with Gasteiger partial charge in [-0.15, -0.1) is 0 Å². The summed E-state index contributed by atoms with van der Waals surface area (Å²) in [5.41, 5.74) is 3.93. The molecule has 0 radical (unpaired) electrons. The van der Waals surface area contributed by atoms with Gasteiger partial charge >= 0.3 is 0 Å². The minimum absolute atomic E-state index is 0.243. The number of rotatable bonds is 2. The zero-order valence-electron chi connectivity index (χ0n) is 10.8. The van der Waals surface area contributed by atoms with Gasteiger partial charge in [0.2, 0.25) is 0 Å². The van der Waals surface area contributed by atoms with Crippen LogP contribution in [0.2, 0.25) is 5.02 Å². The van der Waals surface area contributed by atoms with E-state index in [0.29, 0.717) is 0 Å². The highest BCUT2D eigenvalue weighted by molar-refractivity contribution is 6.30. The first kappa shape index (κ1) is 12.5. The van der Waals surface area contributed by atoms with Crippen molar-refractivity contribution >= 4 is 11.6 Å².